The van der Waals surface area contributed by atoms with Gasteiger partial charge in [0, 0.05) is 11.1 Å². The molecule has 0 unspecified atom stereocenters. The van der Waals surface area contributed by atoms with Gasteiger partial charge < -0.3 is 14.8 Å². The number of nitrogens with one attached hydrogen (secondary N) is 1. The molecule has 198 valence electrons. The van der Waals surface area contributed by atoms with Gasteiger partial charge in [0.05, 0.1) is 41.7 Å². The van der Waals surface area contributed by atoms with Crippen LogP contribution in [0.5, 0.6) is 5.88 Å². The topological polar surface area (TPSA) is 103 Å². The standard InChI is InChI=1S/C25H27F3N4O4S/c1-13(17-4-3-5-18(21(17)26)22(27)28)29-23-20-10-19(15-6-8-37(33,34)9-7-15)25(36-16-11-35-12-16)32-24(20)31-14(2)30-23/h3-5,10,13,15-16,22H,6-9,11-12H2,1-2H3,(H,29,30,31,32)/t13-/m1/s1. The number of anilines is 1. The van der Waals surface area contributed by atoms with Gasteiger partial charge in [0.1, 0.15) is 33.4 Å². The van der Waals surface area contributed by atoms with Crippen LogP contribution in [-0.2, 0) is 14.6 Å². The Morgan fingerprint density at radius 2 is 1.81 bits per heavy atom. The van der Waals surface area contributed by atoms with Crippen molar-refractivity contribution >= 4 is 26.7 Å². The predicted octanol–water partition coefficient (Wildman–Crippen LogP) is 4.65. The molecular formula is C25H27F3N4O4S. The monoisotopic (exact) mass is 536 g/mol. The lowest BCUT2D eigenvalue weighted by Crippen LogP contribution is -2.39. The maximum absolute atomic E-state index is 14.8. The zero-order valence-corrected chi connectivity index (χ0v) is 21.2. The van der Waals surface area contributed by atoms with Crippen molar-refractivity contribution in [2.24, 2.45) is 0 Å². The van der Waals surface area contributed by atoms with Crippen molar-refractivity contribution in [2.45, 2.75) is 51.2 Å². The Kier molecular flexibility index (Phi) is 6.97. The molecule has 2 aliphatic rings. The summed E-state index contributed by atoms with van der Waals surface area (Å²) in [6, 6.07) is 5.07. The minimum absolute atomic E-state index is 0.0774. The molecule has 8 nitrogen and oxygen atoms in total. The molecule has 0 bridgehead atoms. The maximum atomic E-state index is 14.8. The van der Waals surface area contributed by atoms with Gasteiger partial charge in [-0.15, -0.1) is 0 Å². The molecule has 3 aromatic rings. The summed E-state index contributed by atoms with van der Waals surface area (Å²) in [6.07, 6.45) is -2.21. The quantitative estimate of drug-likeness (QED) is 0.466. The molecule has 2 fully saturated rings. The molecule has 1 aromatic carbocycles. The van der Waals surface area contributed by atoms with Crippen LogP contribution in [-0.4, -0.2) is 54.2 Å². The predicted molar refractivity (Wildman–Crippen MR) is 131 cm³/mol. The molecule has 0 amide bonds. The van der Waals surface area contributed by atoms with Crippen LogP contribution in [0.1, 0.15) is 60.7 Å². The molecule has 2 aromatic heterocycles. The van der Waals surface area contributed by atoms with E-state index in [-0.39, 0.29) is 29.1 Å². The van der Waals surface area contributed by atoms with Crippen molar-refractivity contribution in [3.8, 4) is 5.88 Å². The summed E-state index contributed by atoms with van der Waals surface area (Å²) < 4.78 is 76.7. The van der Waals surface area contributed by atoms with Crippen molar-refractivity contribution in [3.05, 3.63) is 52.6 Å². The number of rotatable bonds is 7. The number of nitrogens with zero attached hydrogens (tertiary/aromatic N) is 3. The largest absolute Gasteiger partial charge is 0.469 e. The first-order valence-corrected chi connectivity index (χ1v) is 13.9. The summed E-state index contributed by atoms with van der Waals surface area (Å²) >= 11 is 0. The number of halogens is 3. The number of hydrogen-bond donors (Lipinski definition) is 1. The van der Waals surface area contributed by atoms with E-state index in [1.807, 2.05) is 6.07 Å². The highest BCUT2D eigenvalue weighted by Crippen LogP contribution is 2.38. The van der Waals surface area contributed by atoms with E-state index in [9.17, 15) is 21.6 Å². The van der Waals surface area contributed by atoms with Crippen LogP contribution < -0.4 is 10.1 Å². The normalized spacial score (nSPS) is 19.1. The van der Waals surface area contributed by atoms with E-state index in [4.69, 9.17) is 9.47 Å². The average Bonchev–Trinajstić information content (AvgIpc) is 2.81. The van der Waals surface area contributed by atoms with Gasteiger partial charge in [-0.1, -0.05) is 18.2 Å². The number of fused-ring (bicyclic) bond motifs is 1. The highest BCUT2D eigenvalue weighted by atomic mass is 32.2. The van der Waals surface area contributed by atoms with Crippen LogP contribution in [0.3, 0.4) is 0 Å². The molecule has 1 atom stereocenters. The number of hydrogen-bond acceptors (Lipinski definition) is 8. The van der Waals surface area contributed by atoms with E-state index in [2.05, 4.69) is 20.3 Å². The SMILES string of the molecule is Cc1nc(N[C@H](C)c2cccc(C(F)F)c2F)c2cc(C3CCS(=O)(=O)CC3)c(OC3COC3)nc2n1. The molecule has 0 spiro atoms. The van der Waals surface area contributed by atoms with Gasteiger partial charge in [-0.05, 0) is 38.7 Å². The molecule has 2 saturated heterocycles. The number of pyridine rings is 1. The van der Waals surface area contributed by atoms with Gasteiger partial charge in [-0.25, -0.2) is 31.6 Å². The van der Waals surface area contributed by atoms with Crippen molar-refractivity contribution in [1.82, 2.24) is 15.0 Å². The van der Waals surface area contributed by atoms with Crippen LogP contribution in [0, 0.1) is 12.7 Å². The maximum Gasteiger partial charge on any atom is 0.266 e. The zero-order valence-electron chi connectivity index (χ0n) is 20.4. The van der Waals surface area contributed by atoms with Gasteiger partial charge >= 0.3 is 0 Å². The first-order chi connectivity index (χ1) is 17.6. The van der Waals surface area contributed by atoms with Crippen molar-refractivity contribution in [2.75, 3.05) is 30.0 Å². The van der Waals surface area contributed by atoms with Gasteiger partial charge in [0.2, 0.25) is 5.88 Å². The Labute approximate surface area is 212 Å². The molecular weight excluding hydrogens is 509 g/mol. The first-order valence-electron chi connectivity index (χ1n) is 12.1. The van der Waals surface area contributed by atoms with Gasteiger partial charge in [-0.2, -0.15) is 4.98 Å². The lowest BCUT2D eigenvalue weighted by Gasteiger charge is -2.29. The van der Waals surface area contributed by atoms with Crippen LogP contribution in [0.4, 0.5) is 19.0 Å². The van der Waals surface area contributed by atoms with Crippen LogP contribution in [0.15, 0.2) is 24.3 Å². The highest BCUT2D eigenvalue weighted by molar-refractivity contribution is 7.91. The first kappa shape index (κ1) is 25.7. The summed E-state index contributed by atoms with van der Waals surface area (Å²) in [5, 5.41) is 3.69. The van der Waals surface area contributed by atoms with E-state index >= 15 is 0 Å². The number of sulfone groups is 1. The second-order valence-electron chi connectivity index (χ2n) is 9.49. The van der Waals surface area contributed by atoms with Crippen molar-refractivity contribution in [3.63, 3.8) is 0 Å². The summed E-state index contributed by atoms with van der Waals surface area (Å²) in [7, 11) is -3.08. The Balaban J connectivity index is 1.55. The second kappa shape index (κ2) is 10.1. The fourth-order valence-corrected chi connectivity index (χ4v) is 6.15. The lowest BCUT2D eigenvalue weighted by atomic mass is 9.93. The number of aryl methyl sites for hydroxylation is 1. The zero-order chi connectivity index (χ0) is 26.3. The molecule has 2 aliphatic heterocycles. The van der Waals surface area contributed by atoms with Crippen molar-refractivity contribution in [1.29, 1.82) is 0 Å². The summed E-state index contributed by atoms with van der Waals surface area (Å²) in [6.45, 7) is 4.23. The Hall–Kier alpha value is -2.99. The smallest absolute Gasteiger partial charge is 0.266 e. The Morgan fingerprint density at radius 3 is 2.46 bits per heavy atom. The van der Waals surface area contributed by atoms with Crippen molar-refractivity contribution < 1.29 is 31.1 Å². The highest BCUT2D eigenvalue weighted by Gasteiger charge is 2.31. The van der Waals surface area contributed by atoms with E-state index in [1.54, 1.807) is 13.8 Å². The van der Waals surface area contributed by atoms with Crippen LogP contribution >= 0.6 is 0 Å². The number of aromatic nitrogens is 3. The third-order valence-corrected chi connectivity index (χ3v) is 8.50. The summed E-state index contributed by atoms with van der Waals surface area (Å²) in [5.74, 6) is 0.259. The van der Waals surface area contributed by atoms with E-state index in [1.165, 1.54) is 12.1 Å². The molecule has 5 rings (SSSR count). The molecule has 4 heterocycles. The molecule has 12 heteroatoms. The Bertz CT molecular complexity index is 1420. The summed E-state index contributed by atoms with van der Waals surface area (Å²) in [5.41, 5.74) is 0.528. The fraction of sp³-hybridized carbons (Fsp3) is 0.480. The van der Waals surface area contributed by atoms with E-state index in [0.29, 0.717) is 54.6 Å². The van der Waals surface area contributed by atoms with Gasteiger partial charge in [0.15, 0.2) is 5.65 Å². The third-order valence-electron chi connectivity index (χ3n) is 6.79. The number of alkyl halides is 2. The minimum atomic E-state index is -3.08. The van der Waals surface area contributed by atoms with Gasteiger partial charge in [0.25, 0.3) is 6.43 Å². The molecule has 0 saturated carbocycles. The van der Waals surface area contributed by atoms with Gasteiger partial charge in [-0.3, -0.25) is 0 Å². The molecule has 0 aliphatic carbocycles. The minimum Gasteiger partial charge on any atom is -0.469 e. The van der Waals surface area contributed by atoms with E-state index in [0.717, 1.165) is 11.6 Å². The number of benzene rings is 1. The molecule has 1 N–H and O–H groups in total. The third kappa shape index (κ3) is 5.35. The second-order valence-corrected chi connectivity index (χ2v) is 11.8. The Morgan fingerprint density at radius 1 is 1.11 bits per heavy atom. The van der Waals surface area contributed by atoms with Crippen LogP contribution in [0.2, 0.25) is 0 Å². The molecule has 37 heavy (non-hydrogen) atoms. The fourth-order valence-electron chi connectivity index (χ4n) is 4.65. The summed E-state index contributed by atoms with van der Waals surface area (Å²) in [4.78, 5) is 13.6. The average molecular weight is 537 g/mol. The number of ether oxygens (including phenoxy) is 2. The van der Waals surface area contributed by atoms with Crippen LogP contribution in [0.25, 0.3) is 11.0 Å². The molecule has 0 radical (unpaired) electrons. The van der Waals surface area contributed by atoms with E-state index < -0.39 is 33.7 Å². The lowest BCUT2D eigenvalue weighted by molar-refractivity contribution is -0.0816.